The van der Waals surface area contributed by atoms with Gasteiger partial charge in [-0.15, -0.1) is 0 Å². The molecule has 1 saturated carbocycles. The summed E-state index contributed by atoms with van der Waals surface area (Å²) in [7, 11) is 0. The van der Waals surface area contributed by atoms with E-state index in [1.54, 1.807) is 10.9 Å². The minimum atomic E-state index is -0.525. The van der Waals surface area contributed by atoms with Crippen LogP contribution in [0.3, 0.4) is 0 Å². The topological polar surface area (TPSA) is 109 Å². The summed E-state index contributed by atoms with van der Waals surface area (Å²) in [5, 5.41) is 7.01. The van der Waals surface area contributed by atoms with Crippen molar-refractivity contribution in [3.8, 4) is 0 Å². The first-order valence-corrected chi connectivity index (χ1v) is 10.3. The largest absolute Gasteiger partial charge is 0.325 e. The summed E-state index contributed by atoms with van der Waals surface area (Å²) in [6.45, 7) is 2.20. The maximum absolute atomic E-state index is 12.4. The van der Waals surface area contributed by atoms with Gasteiger partial charge in [-0.3, -0.25) is 14.8 Å². The highest BCUT2D eigenvalue weighted by Gasteiger charge is 2.55. The lowest BCUT2D eigenvalue weighted by Crippen LogP contribution is -2.38. The van der Waals surface area contributed by atoms with Crippen LogP contribution in [0.25, 0.3) is 10.8 Å². The van der Waals surface area contributed by atoms with Gasteiger partial charge >= 0.3 is 5.69 Å². The van der Waals surface area contributed by atoms with Gasteiger partial charge in [-0.05, 0) is 35.3 Å². The number of hydrogen-bond donors (Lipinski definition) is 2. The Balaban J connectivity index is 1.42. The van der Waals surface area contributed by atoms with Crippen LogP contribution in [0.5, 0.6) is 0 Å². The first kappa shape index (κ1) is 18.0. The molecule has 0 saturated heterocycles. The Morgan fingerprint density at radius 3 is 2.97 bits per heavy atom. The fourth-order valence-corrected chi connectivity index (χ4v) is 5.15. The molecule has 8 heteroatoms. The van der Waals surface area contributed by atoms with Crippen LogP contribution in [0, 0.1) is 5.92 Å². The number of pyridine rings is 1. The summed E-state index contributed by atoms with van der Waals surface area (Å²) in [5.74, 6) is 1.64. The van der Waals surface area contributed by atoms with Crippen LogP contribution in [-0.4, -0.2) is 30.3 Å². The molecule has 4 heterocycles. The molecule has 4 aromatic rings. The Labute approximate surface area is 176 Å². The molecule has 154 valence electrons. The molecule has 3 atom stereocenters. The van der Waals surface area contributed by atoms with Crippen LogP contribution in [0.1, 0.15) is 42.6 Å². The van der Waals surface area contributed by atoms with Crippen molar-refractivity contribution in [2.45, 2.75) is 31.1 Å². The van der Waals surface area contributed by atoms with E-state index in [4.69, 9.17) is 0 Å². The first-order valence-electron chi connectivity index (χ1n) is 10.3. The van der Waals surface area contributed by atoms with Gasteiger partial charge in [-0.1, -0.05) is 25.1 Å². The van der Waals surface area contributed by atoms with E-state index >= 15 is 0 Å². The third-order valence-electron chi connectivity index (χ3n) is 6.75. The van der Waals surface area contributed by atoms with Crippen molar-refractivity contribution in [1.29, 1.82) is 0 Å². The van der Waals surface area contributed by atoms with Crippen LogP contribution in [0.15, 0.2) is 69.9 Å². The third kappa shape index (κ3) is 2.71. The Hall–Kier alpha value is -3.81. The Bertz CT molecular complexity index is 1470. The quantitative estimate of drug-likeness (QED) is 0.539. The minimum absolute atomic E-state index is 0.293. The van der Waals surface area contributed by atoms with Crippen LogP contribution in [-0.2, 0) is 5.41 Å². The number of imidazole rings is 1. The maximum atomic E-state index is 12.4. The van der Waals surface area contributed by atoms with Gasteiger partial charge in [0.15, 0.2) is 0 Å². The highest BCUT2D eigenvalue weighted by Crippen LogP contribution is 2.60. The number of H-pyrrole nitrogens is 2. The van der Waals surface area contributed by atoms with E-state index in [0.29, 0.717) is 29.5 Å². The van der Waals surface area contributed by atoms with E-state index in [1.807, 2.05) is 24.7 Å². The number of aromatic amines is 2. The van der Waals surface area contributed by atoms with Gasteiger partial charge in [0.1, 0.15) is 5.82 Å². The van der Waals surface area contributed by atoms with Crippen molar-refractivity contribution in [2.75, 3.05) is 0 Å². The normalized spacial score (nSPS) is 24.6. The van der Waals surface area contributed by atoms with E-state index in [9.17, 15) is 9.59 Å². The molecule has 1 aliphatic heterocycles. The molecule has 1 aromatic carbocycles. The number of benzene rings is 1. The number of nitrogens with one attached hydrogen (secondary N) is 2. The average molecular weight is 412 g/mol. The molecule has 1 aliphatic carbocycles. The molecule has 0 radical (unpaired) electrons. The molecule has 8 nitrogen and oxygen atoms in total. The Kier molecular flexibility index (Phi) is 3.68. The van der Waals surface area contributed by atoms with Gasteiger partial charge in [-0.2, -0.15) is 5.10 Å². The zero-order valence-corrected chi connectivity index (χ0v) is 16.9. The van der Waals surface area contributed by atoms with Crippen molar-refractivity contribution < 1.29 is 0 Å². The molecule has 0 amide bonds. The Morgan fingerprint density at radius 2 is 2.10 bits per heavy atom. The van der Waals surface area contributed by atoms with Gasteiger partial charge < -0.3 is 4.98 Å². The summed E-state index contributed by atoms with van der Waals surface area (Å²) in [5.41, 5.74) is 1.09. The summed E-state index contributed by atoms with van der Waals surface area (Å²) < 4.78 is 1.77. The molecule has 1 unspecified atom stereocenters. The molecule has 0 bridgehead atoms. The lowest BCUT2D eigenvalue weighted by molar-refractivity contribution is 0.366. The highest BCUT2D eigenvalue weighted by molar-refractivity contribution is 6.01. The molecule has 2 N–H and O–H groups in total. The van der Waals surface area contributed by atoms with E-state index < -0.39 is 11.2 Å². The van der Waals surface area contributed by atoms with Gasteiger partial charge in [0.25, 0.3) is 5.56 Å². The fourth-order valence-electron chi connectivity index (χ4n) is 5.15. The standard InChI is InChI=1S/C23H20N6O2/c1-23(18-9-15(18)14-4-2-3-13-5-6-24-11-16(13)14)10-19(28-29-8-7-25-21(23)29)17-12-26-22(31)27-20(17)30/h2-8,11-12,15,18H,9-10H2,1H3,(H2,26,27,30,31)/t15-,18+,23?/m1/s1. The first-order chi connectivity index (χ1) is 15.0. The van der Waals surface area contributed by atoms with Crippen molar-refractivity contribution in [2.24, 2.45) is 11.0 Å². The van der Waals surface area contributed by atoms with Crippen molar-refractivity contribution >= 4 is 16.5 Å². The van der Waals surface area contributed by atoms with E-state index in [0.717, 1.165) is 12.2 Å². The second-order valence-electron chi connectivity index (χ2n) is 8.61. The number of aromatic nitrogens is 5. The van der Waals surface area contributed by atoms with Gasteiger partial charge in [-0.25, -0.2) is 14.5 Å². The minimum Gasteiger partial charge on any atom is -0.313 e. The van der Waals surface area contributed by atoms with Crippen molar-refractivity contribution in [1.82, 2.24) is 24.6 Å². The number of hydrogen-bond acceptors (Lipinski definition) is 5. The summed E-state index contributed by atoms with van der Waals surface area (Å²) in [6, 6.07) is 8.44. The second-order valence-corrected chi connectivity index (χ2v) is 8.61. The number of nitrogens with zero attached hydrogens (tertiary/aromatic N) is 4. The summed E-state index contributed by atoms with van der Waals surface area (Å²) >= 11 is 0. The van der Waals surface area contributed by atoms with Gasteiger partial charge in [0, 0.05) is 48.2 Å². The molecule has 2 aliphatic rings. The van der Waals surface area contributed by atoms with Crippen LogP contribution in [0.2, 0.25) is 0 Å². The summed E-state index contributed by atoms with van der Waals surface area (Å²) in [6.07, 6.45) is 10.4. The zero-order valence-electron chi connectivity index (χ0n) is 16.9. The lowest BCUT2D eigenvalue weighted by Gasteiger charge is -2.33. The molecule has 3 aromatic heterocycles. The van der Waals surface area contributed by atoms with E-state index in [-0.39, 0.29) is 5.41 Å². The maximum Gasteiger partial charge on any atom is 0.325 e. The molecule has 1 fully saturated rings. The average Bonchev–Trinajstić information content (AvgIpc) is 3.43. The van der Waals surface area contributed by atoms with Crippen LogP contribution < -0.4 is 11.2 Å². The monoisotopic (exact) mass is 412 g/mol. The van der Waals surface area contributed by atoms with Crippen molar-refractivity contribution in [3.63, 3.8) is 0 Å². The van der Waals surface area contributed by atoms with E-state index in [2.05, 4.69) is 50.2 Å². The zero-order chi connectivity index (χ0) is 21.2. The molecule has 0 spiro atoms. The number of rotatable bonds is 3. The predicted molar refractivity (Wildman–Crippen MR) is 116 cm³/mol. The second kappa shape index (κ2) is 6.34. The molecule has 31 heavy (non-hydrogen) atoms. The van der Waals surface area contributed by atoms with Crippen LogP contribution in [0.4, 0.5) is 0 Å². The van der Waals surface area contributed by atoms with Gasteiger partial charge in [0.05, 0.1) is 11.3 Å². The fraction of sp³-hybridized carbons (Fsp3) is 0.261. The molecule has 6 rings (SSSR count). The predicted octanol–water partition coefficient (Wildman–Crippen LogP) is 2.53. The molecular weight excluding hydrogens is 392 g/mol. The lowest BCUT2D eigenvalue weighted by atomic mass is 9.75. The SMILES string of the molecule is CC1([C@H]2C[C@@H]2c2cccc3ccncc23)CC(c2c[nH]c(=O)[nH]c2=O)=Nn2ccnc21. The molecular formula is C23H20N6O2. The van der Waals surface area contributed by atoms with Crippen LogP contribution >= 0.6 is 0 Å². The number of fused-ring (bicyclic) bond motifs is 2. The summed E-state index contributed by atoms with van der Waals surface area (Å²) in [4.78, 5) is 37.7. The highest BCUT2D eigenvalue weighted by atomic mass is 16.2. The van der Waals surface area contributed by atoms with Crippen molar-refractivity contribution in [3.05, 3.63) is 93.0 Å². The third-order valence-corrected chi connectivity index (χ3v) is 6.75. The Morgan fingerprint density at radius 1 is 1.19 bits per heavy atom. The smallest absolute Gasteiger partial charge is 0.313 e. The van der Waals surface area contributed by atoms with E-state index in [1.165, 1.54) is 22.5 Å². The van der Waals surface area contributed by atoms with Gasteiger partial charge in [0.2, 0.25) is 0 Å².